The number of halogens is 1. The van der Waals surface area contributed by atoms with Crippen molar-refractivity contribution in [2.75, 3.05) is 5.73 Å². The Labute approximate surface area is 104 Å². The Hall–Kier alpha value is -1.94. The fourth-order valence-electron chi connectivity index (χ4n) is 1.38. The van der Waals surface area contributed by atoms with Crippen LogP contribution in [0.15, 0.2) is 36.9 Å². The zero-order chi connectivity index (χ0) is 12.1. The first-order valence-corrected chi connectivity index (χ1v) is 5.46. The number of nitrogen functional groups attached to an aromatic ring is 1. The molecule has 0 atom stereocenters. The molecule has 2 heterocycles. The normalized spacial score (nSPS) is 10.9. The van der Waals surface area contributed by atoms with Gasteiger partial charge in [-0.05, 0) is 24.1 Å². The van der Waals surface area contributed by atoms with Crippen molar-refractivity contribution in [1.82, 2.24) is 15.0 Å². The van der Waals surface area contributed by atoms with Crippen LogP contribution in [-0.4, -0.2) is 15.0 Å². The van der Waals surface area contributed by atoms with Crippen LogP contribution in [0, 0.1) is 0 Å². The van der Waals surface area contributed by atoms with Gasteiger partial charge in [0, 0.05) is 18.0 Å². The lowest BCUT2D eigenvalue weighted by molar-refractivity contribution is 1.10. The second-order valence-corrected chi connectivity index (χ2v) is 3.77. The zero-order valence-corrected chi connectivity index (χ0v) is 9.80. The Kier molecular flexibility index (Phi) is 3.67. The Morgan fingerprint density at radius 2 is 2.00 bits per heavy atom. The molecule has 2 aromatic rings. The summed E-state index contributed by atoms with van der Waals surface area (Å²) in [6.07, 6.45) is 9.39. The number of hydrogen-bond donors (Lipinski definition) is 1. The van der Waals surface area contributed by atoms with Gasteiger partial charge in [0.2, 0.25) is 0 Å². The van der Waals surface area contributed by atoms with Gasteiger partial charge in [-0.1, -0.05) is 23.8 Å². The van der Waals surface area contributed by atoms with E-state index in [9.17, 15) is 0 Å². The predicted octanol–water partition coefficient (Wildman–Crippen LogP) is 2.36. The number of nitrogens with two attached hydrogens (primary N) is 1. The van der Waals surface area contributed by atoms with Gasteiger partial charge in [0.15, 0.2) is 0 Å². The van der Waals surface area contributed by atoms with Gasteiger partial charge in [0.25, 0.3) is 0 Å². The molecule has 0 aromatic carbocycles. The standard InChI is InChI=1S/C12H11ClN4/c13-11-10(12(14)17-8-16-11)3-1-2-9-4-6-15-7-5-9/h1-2,4-8H,3H2,(H2,14,16,17)/b2-1+. The summed E-state index contributed by atoms with van der Waals surface area (Å²) in [5.41, 5.74) is 7.55. The SMILES string of the molecule is Nc1ncnc(Cl)c1C/C=C/c1ccncc1. The minimum absolute atomic E-state index is 0.400. The van der Waals surface area contributed by atoms with Gasteiger partial charge in [0.1, 0.15) is 17.3 Å². The largest absolute Gasteiger partial charge is 0.383 e. The summed E-state index contributed by atoms with van der Waals surface area (Å²) in [6, 6.07) is 3.84. The Balaban J connectivity index is 2.10. The summed E-state index contributed by atoms with van der Waals surface area (Å²) in [7, 11) is 0. The highest BCUT2D eigenvalue weighted by Crippen LogP contribution is 2.18. The molecule has 2 rings (SSSR count). The molecule has 0 saturated carbocycles. The van der Waals surface area contributed by atoms with Gasteiger partial charge in [-0.3, -0.25) is 4.98 Å². The first kappa shape index (κ1) is 11.5. The lowest BCUT2D eigenvalue weighted by Crippen LogP contribution is -1.99. The van der Waals surface area contributed by atoms with Gasteiger partial charge >= 0.3 is 0 Å². The number of hydrogen-bond acceptors (Lipinski definition) is 4. The summed E-state index contributed by atoms with van der Waals surface area (Å²) < 4.78 is 0. The average molecular weight is 247 g/mol. The molecular formula is C12H11ClN4. The lowest BCUT2D eigenvalue weighted by Gasteiger charge is -2.02. The van der Waals surface area contributed by atoms with E-state index in [1.54, 1.807) is 12.4 Å². The fraction of sp³-hybridized carbons (Fsp3) is 0.0833. The van der Waals surface area contributed by atoms with E-state index in [0.29, 0.717) is 17.4 Å². The number of nitrogens with zero attached hydrogens (tertiary/aromatic N) is 3. The molecule has 0 bridgehead atoms. The third kappa shape index (κ3) is 3.01. The average Bonchev–Trinajstić information content (AvgIpc) is 2.34. The van der Waals surface area contributed by atoms with Crippen molar-refractivity contribution in [2.24, 2.45) is 0 Å². The maximum absolute atomic E-state index is 5.94. The maximum atomic E-state index is 5.94. The van der Waals surface area contributed by atoms with E-state index in [1.807, 2.05) is 24.3 Å². The van der Waals surface area contributed by atoms with Crippen LogP contribution >= 0.6 is 11.6 Å². The molecule has 2 N–H and O–H groups in total. The number of pyridine rings is 1. The Morgan fingerprint density at radius 3 is 2.71 bits per heavy atom. The summed E-state index contributed by atoms with van der Waals surface area (Å²) in [5.74, 6) is 0.421. The van der Waals surface area contributed by atoms with Gasteiger partial charge in [-0.2, -0.15) is 0 Å². The van der Waals surface area contributed by atoms with E-state index >= 15 is 0 Å². The molecule has 86 valence electrons. The highest BCUT2D eigenvalue weighted by atomic mass is 35.5. The highest BCUT2D eigenvalue weighted by molar-refractivity contribution is 6.30. The molecule has 0 saturated heterocycles. The predicted molar refractivity (Wildman–Crippen MR) is 68.4 cm³/mol. The molecule has 0 aliphatic rings. The second-order valence-electron chi connectivity index (χ2n) is 3.42. The molecule has 0 radical (unpaired) electrons. The van der Waals surface area contributed by atoms with Crippen LogP contribution in [0.25, 0.3) is 6.08 Å². The molecule has 0 amide bonds. The van der Waals surface area contributed by atoms with Gasteiger partial charge in [-0.25, -0.2) is 9.97 Å². The fourth-order valence-corrected chi connectivity index (χ4v) is 1.60. The van der Waals surface area contributed by atoms with Crippen LogP contribution < -0.4 is 5.73 Å². The van der Waals surface area contributed by atoms with Crippen LogP contribution in [0.3, 0.4) is 0 Å². The quantitative estimate of drug-likeness (QED) is 0.845. The van der Waals surface area contributed by atoms with Crippen LogP contribution in [0.2, 0.25) is 5.15 Å². The Morgan fingerprint density at radius 1 is 1.24 bits per heavy atom. The van der Waals surface area contributed by atoms with Gasteiger partial charge < -0.3 is 5.73 Å². The number of aromatic nitrogens is 3. The topological polar surface area (TPSA) is 64.7 Å². The van der Waals surface area contributed by atoms with Crippen LogP contribution in [0.1, 0.15) is 11.1 Å². The number of allylic oxidation sites excluding steroid dienone is 1. The van der Waals surface area contributed by atoms with E-state index in [-0.39, 0.29) is 0 Å². The van der Waals surface area contributed by atoms with Crippen molar-refractivity contribution in [3.63, 3.8) is 0 Å². The first-order chi connectivity index (χ1) is 8.27. The van der Waals surface area contributed by atoms with E-state index in [2.05, 4.69) is 15.0 Å². The van der Waals surface area contributed by atoms with Crippen LogP contribution in [0.4, 0.5) is 5.82 Å². The molecule has 4 nitrogen and oxygen atoms in total. The molecule has 0 aliphatic heterocycles. The van der Waals surface area contributed by atoms with E-state index in [0.717, 1.165) is 11.1 Å². The van der Waals surface area contributed by atoms with E-state index in [4.69, 9.17) is 17.3 Å². The van der Waals surface area contributed by atoms with E-state index < -0.39 is 0 Å². The monoisotopic (exact) mass is 246 g/mol. The van der Waals surface area contributed by atoms with E-state index in [1.165, 1.54) is 6.33 Å². The molecule has 0 unspecified atom stereocenters. The molecule has 0 spiro atoms. The van der Waals surface area contributed by atoms with Crippen molar-refractivity contribution in [2.45, 2.75) is 6.42 Å². The minimum Gasteiger partial charge on any atom is -0.383 e. The molecule has 0 fully saturated rings. The summed E-state index contributed by atoms with van der Waals surface area (Å²) in [6.45, 7) is 0. The molecule has 0 aliphatic carbocycles. The van der Waals surface area contributed by atoms with Crippen molar-refractivity contribution < 1.29 is 0 Å². The van der Waals surface area contributed by atoms with Gasteiger partial charge in [0.05, 0.1) is 0 Å². The van der Waals surface area contributed by atoms with Crippen molar-refractivity contribution in [3.05, 3.63) is 53.2 Å². The number of anilines is 1. The number of rotatable bonds is 3. The van der Waals surface area contributed by atoms with Crippen molar-refractivity contribution in [1.29, 1.82) is 0 Å². The molecule has 17 heavy (non-hydrogen) atoms. The smallest absolute Gasteiger partial charge is 0.138 e. The minimum atomic E-state index is 0.400. The van der Waals surface area contributed by atoms with Crippen molar-refractivity contribution >= 4 is 23.5 Å². The third-order valence-corrected chi connectivity index (χ3v) is 2.59. The molecule has 2 aromatic heterocycles. The third-order valence-electron chi connectivity index (χ3n) is 2.26. The first-order valence-electron chi connectivity index (χ1n) is 5.09. The molecular weight excluding hydrogens is 236 g/mol. The molecule has 5 heteroatoms. The summed E-state index contributed by atoms with van der Waals surface area (Å²) >= 11 is 5.94. The van der Waals surface area contributed by atoms with Gasteiger partial charge in [-0.15, -0.1) is 0 Å². The highest BCUT2D eigenvalue weighted by Gasteiger charge is 2.04. The summed E-state index contributed by atoms with van der Waals surface area (Å²) in [5, 5.41) is 0.400. The van der Waals surface area contributed by atoms with Crippen LogP contribution in [-0.2, 0) is 6.42 Å². The van der Waals surface area contributed by atoms with Crippen LogP contribution in [0.5, 0.6) is 0 Å². The zero-order valence-electron chi connectivity index (χ0n) is 9.05. The second kappa shape index (κ2) is 5.41. The van der Waals surface area contributed by atoms with Crippen molar-refractivity contribution in [3.8, 4) is 0 Å². The Bertz CT molecular complexity index is 505. The summed E-state index contributed by atoms with van der Waals surface area (Å²) in [4.78, 5) is 11.7. The lowest BCUT2D eigenvalue weighted by atomic mass is 10.2. The maximum Gasteiger partial charge on any atom is 0.138 e.